The Labute approximate surface area is 108 Å². The molecule has 0 aliphatic carbocycles. The van der Waals surface area contributed by atoms with Crippen molar-refractivity contribution in [1.29, 1.82) is 0 Å². The molecule has 5 nitrogen and oxygen atoms in total. The fraction of sp³-hybridized carbons (Fsp3) is 0.846. The number of carbonyl (C=O) groups is 2. The van der Waals surface area contributed by atoms with Crippen LogP contribution in [0.15, 0.2) is 0 Å². The summed E-state index contributed by atoms with van der Waals surface area (Å²) in [6.07, 6.45) is 5.34. The average molecular weight is 254 g/mol. The van der Waals surface area contributed by atoms with Crippen LogP contribution in [0, 0.1) is 5.92 Å². The van der Waals surface area contributed by atoms with Gasteiger partial charge in [0.1, 0.15) is 0 Å². The van der Waals surface area contributed by atoms with Crippen LogP contribution in [0.5, 0.6) is 0 Å². The number of amides is 2. The largest absolute Gasteiger partial charge is 0.481 e. The van der Waals surface area contributed by atoms with Crippen molar-refractivity contribution in [3.8, 4) is 0 Å². The van der Waals surface area contributed by atoms with E-state index in [4.69, 9.17) is 5.11 Å². The second-order valence-electron chi connectivity index (χ2n) is 5.36. The van der Waals surface area contributed by atoms with Crippen molar-refractivity contribution in [3.05, 3.63) is 0 Å². The normalized spacial score (nSPS) is 22.0. The van der Waals surface area contributed by atoms with Crippen LogP contribution in [0.3, 0.4) is 0 Å². The van der Waals surface area contributed by atoms with Crippen LogP contribution in [0.1, 0.15) is 38.5 Å². The van der Waals surface area contributed by atoms with Crippen LogP contribution in [0.4, 0.5) is 4.79 Å². The van der Waals surface area contributed by atoms with Crippen LogP contribution in [0.25, 0.3) is 0 Å². The van der Waals surface area contributed by atoms with Gasteiger partial charge in [-0.05, 0) is 38.0 Å². The van der Waals surface area contributed by atoms with Gasteiger partial charge in [0, 0.05) is 32.6 Å². The number of carbonyl (C=O) groups excluding carboxylic acids is 1. The molecule has 2 amide bonds. The molecule has 18 heavy (non-hydrogen) atoms. The predicted octanol–water partition coefficient (Wildman–Crippen LogP) is 1.78. The second kappa shape index (κ2) is 6.07. The number of aliphatic carboxylic acids is 1. The lowest BCUT2D eigenvalue weighted by Crippen LogP contribution is -2.48. The minimum atomic E-state index is -0.726. The Morgan fingerprint density at radius 3 is 2.06 bits per heavy atom. The first-order valence-electron chi connectivity index (χ1n) is 6.92. The molecular weight excluding hydrogens is 232 g/mol. The van der Waals surface area contributed by atoms with Crippen molar-refractivity contribution in [2.24, 2.45) is 5.92 Å². The fourth-order valence-corrected chi connectivity index (χ4v) is 2.86. The highest BCUT2D eigenvalue weighted by atomic mass is 16.4. The van der Waals surface area contributed by atoms with Crippen LogP contribution in [-0.4, -0.2) is 53.1 Å². The van der Waals surface area contributed by atoms with E-state index in [1.54, 1.807) is 0 Å². The summed E-state index contributed by atoms with van der Waals surface area (Å²) in [6, 6.07) is 0.156. The molecule has 2 aliphatic rings. The molecule has 0 unspecified atom stereocenters. The summed E-state index contributed by atoms with van der Waals surface area (Å²) in [5.41, 5.74) is 0. The first-order valence-corrected chi connectivity index (χ1v) is 6.92. The zero-order chi connectivity index (χ0) is 13.0. The predicted molar refractivity (Wildman–Crippen MR) is 67.4 cm³/mol. The van der Waals surface area contributed by atoms with Crippen molar-refractivity contribution in [2.75, 3.05) is 26.2 Å². The quantitative estimate of drug-likeness (QED) is 0.817. The highest BCUT2D eigenvalue weighted by Crippen LogP contribution is 2.22. The van der Waals surface area contributed by atoms with Gasteiger partial charge in [-0.3, -0.25) is 4.79 Å². The molecule has 0 aromatic carbocycles. The van der Waals surface area contributed by atoms with E-state index in [1.165, 1.54) is 6.42 Å². The minimum Gasteiger partial charge on any atom is -0.481 e. The molecule has 0 aromatic rings. The molecule has 5 heteroatoms. The van der Waals surface area contributed by atoms with E-state index in [0.717, 1.165) is 38.8 Å². The molecule has 2 aliphatic heterocycles. The van der Waals surface area contributed by atoms with Crippen LogP contribution >= 0.6 is 0 Å². The Bertz CT molecular complexity index is 305. The van der Waals surface area contributed by atoms with Crippen molar-refractivity contribution >= 4 is 12.0 Å². The number of carboxylic acids is 1. The molecule has 0 saturated carbocycles. The summed E-state index contributed by atoms with van der Waals surface area (Å²) in [4.78, 5) is 26.7. The highest BCUT2D eigenvalue weighted by molar-refractivity contribution is 5.74. The van der Waals surface area contributed by atoms with Gasteiger partial charge in [0.2, 0.25) is 0 Å². The molecule has 0 aromatic heterocycles. The molecule has 0 radical (unpaired) electrons. The van der Waals surface area contributed by atoms with Crippen LogP contribution in [-0.2, 0) is 4.79 Å². The van der Waals surface area contributed by atoms with Crippen molar-refractivity contribution in [2.45, 2.75) is 38.5 Å². The summed E-state index contributed by atoms with van der Waals surface area (Å²) in [5, 5.41) is 8.76. The zero-order valence-corrected chi connectivity index (χ0v) is 10.8. The van der Waals surface area contributed by atoms with E-state index in [-0.39, 0.29) is 18.4 Å². The summed E-state index contributed by atoms with van der Waals surface area (Å²) < 4.78 is 0. The Morgan fingerprint density at radius 2 is 1.50 bits per heavy atom. The van der Waals surface area contributed by atoms with Crippen molar-refractivity contribution in [1.82, 2.24) is 9.80 Å². The highest BCUT2D eigenvalue weighted by Gasteiger charge is 2.27. The smallest absolute Gasteiger partial charge is 0.319 e. The summed E-state index contributed by atoms with van der Waals surface area (Å²) in [5.74, 6) is -0.483. The monoisotopic (exact) mass is 254 g/mol. The summed E-state index contributed by atoms with van der Waals surface area (Å²) in [7, 11) is 0. The fourth-order valence-electron chi connectivity index (χ4n) is 2.86. The Hall–Kier alpha value is -1.26. The molecule has 2 heterocycles. The second-order valence-corrected chi connectivity index (χ2v) is 5.36. The SMILES string of the molecule is O=C(O)CC1CCN(C(=O)N2CCCCC2)CC1. The molecule has 2 rings (SSSR count). The maximum Gasteiger partial charge on any atom is 0.319 e. The number of rotatable bonds is 2. The van der Waals surface area contributed by atoms with E-state index in [9.17, 15) is 9.59 Å². The molecule has 2 fully saturated rings. The van der Waals surface area contributed by atoms with Gasteiger partial charge in [-0.15, -0.1) is 0 Å². The Balaban J connectivity index is 1.78. The number of nitrogens with zero attached hydrogens (tertiary/aromatic N) is 2. The molecule has 1 N–H and O–H groups in total. The molecule has 0 bridgehead atoms. The maximum absolute atomic E-state index is 12.2. The van der Waals surface area contributed by atoms with E-state index >= 15 is 0 Å². The topological polar surface area (TPSA) is 60.9 Å². The van der Waals surface area contributed by atoms with Gasteiger partial charge < -0.3 is 14.9 Å². The first kappa shape index (κ1) is 13.2. The van der Waals surface area contributed by atoms with E-state index in [0.29, 0.717) is 13.1 Å². The lowest BCUT2D eigenvalue weighted by Gasteiger charge is -2.36. The first-order chi connectivity index (χ1) is 8.66. The zero-order valence-electron chi connectivity index (χ0n) is 10.8. The van der Waals surface area contributed by atoms with Gasteiger partial charge in [0.25, 0.3) is 0 Å². The number of carboxylic acid groups (broad SMARTS) is 1. The maximum atomic E-state index is 12.2. The number of urea groups is 1. The van der Waals surface area contributed by atoms with E-state index in [1.807, 2.05) is 9.80 Å². The Morgan fingerprint density at radius 1 is 0.944 bits per heavy atom. The molecule has 102 valence electrons. The standard InChI is InChI=1S/C13H22N2O3/c16-12(17)10-11-4-8-15(9-5-11)13(18)14-6-2-1-3-7-14/h11H,1-10H2,(H,16,17). The van der Waals surface area contributed by atoms with E-state index in [2.05, 4.69) is 0 Å². The Kier molecular flexibility index (Phi) is 4.44. The van der Waals surface area contributed by atoms with Crippen LogP contribution < -0.4 is 0 Å². The van der Waals surface area contributed by atoms with Gasteiger partial charge in [-0.1, -0.05) is 0 Å². The van der Waals surface area contributed by atoms with Gasteiger partial charge in [0.05, 0.1) is 0 Å². The molecule has 0 atom stereocenters. The molecule has 2 saturated heterocycles. The lowest BCUT2D eigenvalue weighted by atomic mass is 9.94. The molecular formula is C13H22N2O3. The third-order valence-electron chi connectivity index (χ3n) is 3.97. The third-order valence-corrected chi connectivity index (χ3v) is 3.97. The average Bonchev–Trinajstić information content (AvgIpc) is 2.39. The summed E-state index contributed by atoms with van der Waals surface area (Å²) >= 11 is 0. The van der Waals surface area contributed by atoms with Gasteiger partial charge in [0.15, 0.2) is 0 Å². The van der Waals surface area contributed by atoms with Gasteiger partial charge >= 0.3 is 12.0 Å². The minimum absolute atomic E-state index is 0.156. The number of hydrogen-bond donors (Lipinski definition) is 1. The molecule has 0 spiro atoms. The third kappa shape index (κ3) is 3.37. The number of piperidine rings is 2. The van der Waals surface area contributed by atoms with Crippen LogP contribution in [0.2, 0.25) is 0 Å². The summed E-state index contributed by atoms with van der Waals surface area (Å²) in [6.45, 7) is 3.20. The van der Waals surface area contributed by atoms with E-state index < -0.39 is 5.97 Å². The van der Waals surface area contributed by atoms with Gasteiger partial charge in [-0.2, -0.15) is 0 Å². The number of hydrogen-bond acceptors (Lipinski definition) is 2. The number of likely N-dealkylation sites (tertiary alicyclic amines) is 2. The van der Waals surface area contributed by atoms with Gasteiger partial charge in [-0.25, -0.2) is 4.79 Å². The van der Waals surface area contributed by atoms with Crippen molar-refractivity contribution < 1.29 is 14.7 Å². The van der Waals surface area contributed by atoms with Crippen molar-refractivity contribution in [3.63, 3.8) is 0 Å². The lowest BCUT2D eigenvalue weighted by molar-refractivity contribution is -0.138.